The molecule has 1 unspecified atom stereocenters. The molecule has 0 aliphatic carbocycles. The van der Waals surface area contributed by atoms with E-state index in [1.165, 1.54) is 5.56 Å². The van der Waals surface area contributed by atoms with Gasteiger partial charge in [0.2, 0.25) is 0 Å². The van der Waals surface area contributed by atoms with Gasteiger partial charge in [-0.25, -0.2) is 0 Å². The zero-order valence-corrected chi connectivity index (χ0v) is 14.3. The van der Waals surface area contributed by atoms with Gasteiger partial charge in [0.15, 0.2) is 0 Å². The minimum Gasteiger partial charge on any atom is -0.487 e. The Morgan fingerprint density at radius 2 is 2.00 bits per heavy atom. The van der Waals surface area contributed by atoms with E-state index in [4.69, 9.17) is 16.3 Å². The summed E-state index contributed by atoms with van der Waals surface area (Å²) < 4.78 is 7.03. The van der Waals surface area contributed by atoms with E-state index in [0.717, 1.165) is 22.3 Å². The Morgan fingerprint density at radius 3 is 2.76 bits per heavy atom. The Hall–Kier alpha value is -1.19. The topological polar surface area (TPSA) is 21.3 Å². The highest BCUT2D eigenvalue weighted by Crippen LogP contribution is 2.41. The van der Waals surface area contributed by atoms with Crippen molar-refractivity contribution >= 4 is 33.2 Å². The number of benzene rings is 2. The van der Waals surface area contributed by atoms with Gasteiger partial charge in [-0.15, -0.1) is 0 Å². The van der Waals surface area contributed by atoms with E-state index in [1.807, 2.05) is 36.4 Å². The van der Waals surface area contributed by atoms with Crippen LogP contribution < -0.4 is 10.1 Å². The molecule has 4 heteroatoms. The van der Waals surface area contributed by atoms with Crippen molar-refractivity contribution in [2.45, 2.75) is 31.9 Å². The molecule has 110 valence electrons. The number of halogens is 2. The monoisotopic (exact) mass is 365 g/mol. The molecule has 2 aromatic rings. The summed E-state index contributed by atoms with van der Waals surface area (Å²) in [7, 11) is 0. The Kier molecular flexibility index (Phi) is 3.89. The second-order valence-corrected chi connectivity index (χ2v) is 7.25. The third-order valence-corrected chi connectivity index (χ3v) is 4.44. The molecule has 3 rings (SSSR count). The molecule has 0 bridgehead atoms. The van der Waals surface area contributed by atoms with Gasteiger partial charge in [0, 0.05) is 16.5 Å². The lowest BCUT2D eigenvalue weighted by Gasteiger charge is -2.38. The van der Waals surface area contributed by atoms with Gasteiger partial charge in [-0.2, -0.15) is 0 Å². The highest BCUT2D eigenvalue weighted by molar-refractivity contribution is 9.10. The SMILES string of the molecule is CC1(C)CC(Nc2ccc(Br)cc2Cl)c2ccccc2O1. The maximum atomic E-state index is 6.32. The second-order valence-electron chi connectivity index (χ2n) is 5.92. The molecule has 1 heterocycles. The fourth-order valence-electron chi connectivity index (χ4n) is 2.73. The molecule has 0 radical (unpaired) electrons. The van der Waals surface area contributed by atoms with Crippen LogP contribution in [-0.4, -0.2) is 5.60 Å². The third kappa shape index (κ3) is 3.19. The van der Waals surface area contributed by atoms with E-state index in [2.05, 4.69) is 41.2 Å². The van der Waals surface area contributed by atoms with E-state index in [-0.39, 0.29) is 11.6 Å². The number of hydrogen-bond donors (Lipinski definition) is 1. The van der Waals surface area contributed by atoms with E-state index in [0.29, 0.717) is 5.02 Å². The second kappa shape index (κ2) is 5.54. The Bertz CT molecular complexity index is 672. The van der Waals surface area contributed by atoms with Crippen LogP contribution in [0, 0.1) is 0 Å². The molecule has 1 N–H and O–H groups in total. The molecular weight excluding hydrogens is 350 g/mol. The summed E-state index contributed by atoms with van der Waals surface area (Å²) >= 11 is 9.76. The molecule has 0 spiro atoms. The van der Waals surface area contributed by atoms with Crippen LogP contribution in [0.1, 0.15) is 31.9 Å². The minimum absolute atomic E-state index is 0.184. The lowest BCUT2D eigenvalue weighted by molar-refractivity contribution is 0.0759. The largest absolute Gasteiger partial charge is 0.487 e. The lowest BCUT2D eigenvalue weighted by atomic mass is 9.89. The Balaban J connectivity index is 1.94. The first-order chi connectivity index (χ1) is 9.94. The van der Waals surface area contributed by atoms with Crippen molar-refractivity contribution in [2.24, 2.45) is 0 Å². The lowest BCUT2D eigenvalue weighted by Crippen LogP contribution is -2.37. The summed E-state index contributed by atoms with van der Waals surface area (Å²) in [4.78, 5) is 0. The van der Waals surface area contributed by atoms with Gasteiger partial charge in [-0.1, -0.05) is 45.7 Å². The zero-order valence-electron chi connectivity index (χ0n) is 12.0. The average molecular weight is 367 g/mol. The molecule has 0 saturated heterocycles. The predicted molar refractivity (Wildman–Crippen MR) is 91.3 cm³/mol. The van der Waals surface area contributed by atoms with Crippen molar-refractivity contribution in [2.75, 3.05) is 5.32 Å². The van der Waals surface area contributed by atoms with E-state index >= 15 is 0 Å². The first kappa shape index (κ1) is 14.7. The van der Waals surface area contributed by atoms with Crippen molar-refractivity contribution in [1.82, 2.24) is 0 Å². The van der Waals surface area contributed by atoms with Crippen molar-refractivity contribution in [3.8, 4) is 5.75 Å². The number of anilines is 1. The fourth-order valence-corrected chi connectivity index (χ4v) is 3.45. The zero-order chi connectivity index (χ0) is 15.0. The normalized spacial score (nSPS) is 19.5. The van der Waals surface area contributed by atoms with E-state index in [9.17, 15) is 0 Å². The van der Waals surface area contributed by atoms with Crippen molar-refractivity contribution in [3.63, 3.8) is 0 Å². The van der Waals surface area contributed by atoms with Gasteiger partial charge >= 0.3 is 0 Å². The molecule has 2 nitrogen and oxygen atoms in total. The van der Waals surface area contributed by atoms with Gasteiger partial charge in [0.05, 0.1) is 16.8 Å². The molecule has 1 aliphatic rings. The standard InChI is InChI=1S/C17H17BrClNO/c1-17(2)10-15(12-5-3-4-6-16(12)21-17)20-14-8-7-11(18)9-13(14)19/h3-9,15,20H,10H2,1-2H3. The molecule has 1 aliphatic heterocycles. The summed E-state index contributed by atoms with van der Waals surface area (Å²) in [5.74, 6) is 0.944. The van der Waals surface area contributed by atoms with Crippen molar-refractivity contribution < 1.29 is 4.74 Å². The summed E-state index contributed by atoms with van der Waals surface area (Å²) in [5, 5.41) is 4.27. The smallest absolute Gasteiger partial charge is 0.125 e. The molecule has 0 aromatic heterocycles. The summed E-state index contributed by atoms with van der Waals surface area (Å²) in [5.41, 5.74) is 1.92. The first-order valence-electron chi connectivity index (χ1n) is 6.94. The van der Waals surface area contributed by atoms with E-state index < -0.39 is 0 Å². The van der Waals surface area contributed by atoms with Crippen LogP contribution >= 0.6 is 27.5 Å². The van der Waals surface area contributed by atoms with Gasteiger partial charge in [-0.05, 0) is 38.1 Å². The molecule has 0 fully saturated rings. The number of nitrogens with one attached hydrogen (secondary N) is 1. The van der Waals surface area contributed by atoms with Crippen LogP contribution in [0.4, 0.5) is 5.69 Å². The molecule has 21 heavy (non-hydrogen) atoms. The summed E-state index contributed by atoms with van der Waals surface area (Å²) in [6, 6.07) is 14.2. The Labute approximate surface area is 138 Å². The number of para-hydroxylation sites is 1. The predicted octanol–water partition coefficient (Wildman–Crippen LogP) is 5.82. The van der Waals surface area contributed by atoms with Gasteiger partial charge in [0.1, 0.15) is 11.4 Å². The third-order valence-electron chi connectivity index (χ3n) is 3.64. The number of ether oxygens (including phenoxy) is 1. The van der Waals surface area contributed by atoms with Gasteiger partial charge in [-0.3, -0.25) is 0 Å². The van der Waals surface area contributed by atoms with Crippen LogP contribution in [0.15, 0.2) is 46.9 Å². The molecule has 0 amide bonds. The molecular formula is C17H17BrClNO. The average Bonchev–Trinajstić information content (AvgIpc) is 2.40. The van der Waals surface area contributed by atoms with Crippen LogP contribution in [0.25, 0.3) is 0 Å². The first-order valence-corrected chi connectivity index (χ1v) is 8.11. The number of hydrogen-bond acceptors (Lipinski definition) is 2. The maximum Gasteiger partial charge on any atom is 0.125 e. The number of fused-ring (bicyclic) bond motifs is 1. The summed E-state index contributed by atoms with van der Waals surface area (Å²) in [6.45, 7) is 4.22. The highest BCUT2D eigenvalue weighted by Gasteiger charge is 2.33. The molecule has 2 aromatic carbocycles. The quantitative estimate of drug-likeness (QED) is 0.723. The van der Waals surface area contributed by atoms with Crippen LogP contribution in [-0.2, 0) is 0 Å². The fraction of sp³-hybridized carbons (Fsp3) is 0.294. The molecule has 0 saturated carbocycles. The van der Waals surface area contributed by atoms with Crippen LogP contribution in [0.5, 0.6) is 5.75 Å². The minimum atomic E-state index is -0.201. The number of rotatable bonds is 2. The molecule has 1 atom stereocenters. The Morgan fingerprint density at radius 1 is 1.24 bits per heavy atom. The van der Waals surface area contributed by atoms with Crippen LogP contribution in [0.2, 0.25) is 5.02 Å². The van der Waals surface area contributed by atoms with Crippen molar-refractivity contribution in [3.05, 3.63) is 57.5 Å². The van der Waals surface area contributed by atoms with Gasteiger partial charge in [0.25, 0.3) is 0 Å². The van der Waals surface area contributed by atoms with Crippen molar-refractivity contribution in [1.29, 1.82) is 0 Å². The van der Waals surface area contributed by atoms with Gasteiger partial charge < -0.3 is 10.1 Å². The van der Waals surface area contributed by atoms with E-state index in [1.54, 1.807) is 0 Å². The highest BCUT2D eigenvalue weighted by atomic mass is 79.9. The maximum absolute atomic E-state index is 6.32. The summed E-state index contributed by atoms with van der Waals surface area (Å²) in [6.07, 6.45) is 0.885. The van der Waals surface area contributed by atoms with Crippen LogP contribution in [0.3, 0.4) is 0 Å².